The van der Waals surface area contributed by atoms with Gasteiger partial charge in [-0.3, -0.25) is 9.59 Å². The van der Waals surface area contributed by atoms with Crippen LogP contribution in [0.4, 0.5) is 0 Å². The van der Waals surface area contributed by atoms with Gasteiger partial charge in [-0.1, -0.05) is 6.58 Å². The van der Waals surface area contributed by atoms with Gasteiger partial charge in [0.2, 0.25) is 11.5 Å². The van der Waals surface area contributed by atoms with Crippen LogP contribution in [-0.4, -0.2) is 23.5 Å². The molecule has 5 nitrogen and oxygen atoms in total. The van der Waals surface area contributed by atoms with Gasteiger partial charge in [0.05, 0.1) is 12.0 Å². The lowest BCUT2D eigenvalue weighted by atomic mass is 9.78. The lowest BCUT2D eigenvalue weighted by Crippen LogP contribution is -2.53. The van der Waals surface area contributed by atoms with Crippen LogP contribution in [0, 0.1) is 17.2 Å². The number of nitrogens with one attached hydrogen (secondary N) is 1. The third-order valence-corrected chi connectivity index (χ3v) is 3.41. The standard InChI is InChI=1S/C12H14N2O3/c1-7(2)10(15)14-9-4-3-8-5-12(9,6-13)17-11(8)16/h8-9H,1,3-5H2,2H3,(H,14,15). The molecule has 1 aliphatic carbocycles. The van der Waals surface area contributed by atoms with Crippen molar-refractivity contribution in [3.63, 3.8) is 0 Å². The molecule has 2 rings (SSSR count). The first-order chi connectivity index (χ1) is 7.98. The maximum atomic E-state index is 11.6. The average Bonchev–Trinajstić information content (AvgIpc) is 2.56. The first-order valence-corrected chi connectivity index (χ1v) is 5.59. The maximum absolute atomic E-state index is 11.6. The fourth-order valence-corrected chi connectivity index (χ4v) is 2.40. The fourth-order valence-electron chi connectivity index (χ4n) is 2.40. The molecular weight excluding hydrogens is 220 g/mol. The van der Waals surface area contributed by atoms with E-state index in [0.717, 1.165) is 0 Å². The summed E-state index contributed by atoms with van der Waals surface area (Å²) in [6, 6.07) is 1.62. The SMILES string of the molecule is C=C(C)C(=O)NC1CCC2CC1(C#N)OC2=O. The Morgan fingerprint density at radius 2 is 2.35 bits per heavy atom. The van der Waals surface area contributed by atoms with Crippen molar-refractivity contribution < 1.29 is 14.3 Å². The molecule has 1 heterocycles. The van der Waals surface area contributed by atoms with Crippen molar-refractivity contribution in [1.29, 1.82) is 5.26 Å². The van der Waals surface area contributed by atoms with E-state index in [2.05, 4.69) is 11.9 Å². The Kier molecular flexibility index (Phi) is 2.66. The number of carbonyl (C=O) groups excluding carboxylic acids is 2. The molecule has 0 aromatic rings. The first-order valence-electron chi connectivity index (χ1n) is 5.59. The number of carbonyl (C=O) groups is 2. The zero-order chi connectivity index (χ0) is 12.6. The van der Waals surface area contributed by atoms with Crippen LogP contribution in [0.25, 0.3) is 0 Å². The summed E-state index contributed by atoms with van der Waals surface area (Å²) in [7, 11) is 0. The van der Waals surface area contributed by atoms with Gasteiger partial charge in [0, 0.05) is 12.0 Å². The number of hydrogen-bond acceptors (Lipinski definition) is 4. The summed E-state index contributed by atoms with van der Waals surface area (Å²) in [6.45, 7) is 5.14. The minimum atomic E-state index is -1.18. The Balaban J connectivity index is 2.18. The van der Waals surface area contributed by atoms with Crippen LogP contribution < -0.4 is 5.32 Å². The third kappa shape index (κ3) is 1.80. The molecule has 1 aliphatic heterocycles. The van der Waals surface area contributed by atoms with E-state index in [9.17, 15) is 14.9 Å². The number of ether oxygens (including phenoxy) is 1. The summed E-state index contributed by atoms with van der Waals surface area (Å²) < 4.78 is 5.17. The Morgan fingerprint density at radius 3 is 2.94 bits per heavy atom. The van der Waals surface area contributed by atoms with Crippen LogP contribution in [0.1, 0.15) is 26.2 Å². The molecule has 1 saturated heterocycles. The minimum Gasteiger partial charge on any atom is -0.441 e. The van der Waals surface area contributed by atoms with E-state index in [-0.39, 0.29) is 17.8 Å². The number of esters is 1. The minimum absolute atomic E-state index is 0.187. The van der Waals surface area contributed by atoms with Crippen molar-refractivity contribution >= 4 is 11.9 Å². The average molecular weight is 234 g/mol. The highest BCUT2D eigenvalue weighted by atomic mass is 16.6. The van der Waals surface area contributed by atoms with Crippen LogP contribution in [0.15, 0.2) is 12.2 Å². The lowest BCUT2D eigenvalue weighted by Gasteiger charge is -2.33. The lowest BCUT2D eigenvalue weighted by molar-refractivity contribution is -0.148. The van der Waals surface area contributed by atoms with E-state index in [0.29, 0.717) is 24.8 Å². The van der Waals surface area contributed by atoms with Crippen LogP contribution in [0.5, 0.6) is 0 Å². The van der Waals surface area contributed by atoms with Crippen LogP contribution in [-0.2, 0) is 14.3 Å². The molecule has 0 spiro atoms. The second kappa shape index (κ2) is 3.88. The van der Waals surface area contributed by atoms with E-state index in [1.54, 1.807) is 6.92 Å². The zero-order valence-corrected chi connectivity index (χ0v) is 9.66. The largest absolute Gasteiger partial charge is 0.441 e. The zero-order valence-electron chi connectivity index (χ0n) is 9.66. The normalized spacial score (nSPS) is 34.7. The summed E-state index contributed by atoms with van der Waals surface area (Å²) >= 11 is 0. The van der Waals surface area contributed by atoms with Crippen LogP contribution in [0.2, 0.25) is 0 Å². The number of nitriles is 1. The molecule has 5 heteroatoms. The molecule has 2 aliphatic rings. The second-order valence-corrected chi connectivity index (χ2v) is 4.71. The molecule has 0 aromatic heterocycles. The summed E-state index contributed by atoms with van der Waals surface area (Å²) in [5.41, 5.74) is -0.796. The van der Waals surface area contributed by atoms with E-state index >= 15 is 0 Å². The van der Waals surface area contributed by atoms with Crippen molar-refractivity contribution in [1.82, 2.24) is 5.32 Å². The Morgan fingerprint density at radius 1 is 1.65 bits per heavy atom. The number of rotatable bonds is 2. The van der Waals surface area contributed by atoms with E-state index in [1.807, 2.05) is 6.07 Å². The summed E-state index contributed by atoms with van der Waals surface area (Å²) in [4.78, 5) is 23.0. The van der Waals surface area contributed by atoms with E-state index in [1.165, 1.54) is 0 Å². The van der Waals surface area contributed by atoms with Crippen molar-refractivity contribution in [3.8, 4) is 6.07 Å². The molecule has 1 N–H and O–H groups in total. The molecule has 3 atom stereocenters. The summed E-state index contributed by atoms with van der Waals surface area (Å²) in [5.74, 6) is -0.808. The molecule has 3 unspecified atom stereocenters. The number of nitrogens with zero attached hydrogens (tertiary/aromatic N) is 1. The third-order valence-electron chi connectivity index (χ3n) is 3.41. The topological polar surface area (TPSA) is 79.2 Å². The van der Waals surface area contributed by atoms with Gasteiger partial charge in [-0.15, -0.1) is 0 Å². The smallest absolute Gasteiger partial charge is 0.310 e. The van der Waals surface area contributed by atoms with E-state index < -0.39 is 11.6 Å². The van der Waals surface area contributed by atoms with Gasteiger partial charge >= 0.3 is 5.97 Å². The highest BCUT2D eigenvalue weighted by Gasteiger charge is 2.56. The van der Waals surface area contributed by atoms with E-state index in [4.69, 9.17) is 4.74 Å². The van der Waals surface area contributed by atoms with Crippen molar-refractivity contribution in [3.05, 3.63) is 12.2 Å². The van der Waals surface area contributed by atoms with Gasteiger partial charge < -0.3 is 10.1 Å². The summed E-state index contributed by atoms with van der Waals surface area (Å²) in [5, 5.41) is 11.9. The first kappa shape index (κ1) is 11.6. The predicted octanol–water partition coefficient (Wildman–Crippen LogP) is 0.667. The van der Waals surface area contributed by atoms with Gasteiger partial charge in [-0.25, -0.2) is 0 Å². The molecule has 2 bridgehead atoms. The molecule has 0 aromatic carbocycles. The van der Waals surface area contributed by atoms with Crippen molar-refractivity contribution in [2.75, 3.05) is 0 Å². The van der Waals surface area contributed by atoms with Gasteiger partial charge in [0.1, 0.15) is 6.07 Å². The van der Waals surface area contributed by atoms with Gasteiger partial charge in [0.15, 0.2) is 0 Å². The molecule has 2 fully saturated rings. The number of amides is 1. The Bertz CT molecular complexity index is 438. The van der Waals surface area contributed by atoms with Gasteiger partial charge in [-0.05, 0) is 19.8 Å². The highest BCUT2D eigenvalue weighted by Crippen LogP contribution is 2.42. The molecule has 0 radical (unpaired) electrons. The maximum Gasteiger partial charge on any atom is 0.310 e. The van der Waals surface area contributed by atoms with Crippen molar-refractivity contribution in [2.45, 2.75) is 37.8 Å². The van der Waals surface area contributed by atoms with Crippen molar-refractivity contribution in [2.24, 2.45) is 5.92 Å². The van der Waals surface area contributed by atoms with Crippen LogP contribution in [0.3, 0.4) is 0 Å². The second-order valence-electron chi connectivity index (χ2n) is 4.71. The summed E-state index contributed by atoms with van der Waals surface area (Å²) in [6.07, 6.45) is 1.62. The van der Waals surface area contributed by atoms with Gasteiger partial charge in [-0.2, -0.15) is 5.26 Å². The van der Waals surface area contributed by atoms with Gasteiger partial charge in [0.25, 0.3) is 0 Å². The molecule has 1 amide bonds. The molecule has 17 heavy (non-hydrogen) atoms. The monoisotopic (exact) mass is 234 g/mol. The predicted molar refractivity (Wildman–Crippen MR) is 58.5 cm³/mol. The molecular formula is C12H14N2O3. The number of fused-ring (bicyclic) bond motifs is 2. The Labute approximate surface area is 99.4 Å². The highest BCUT2D eigenvalue weighted by molar-refractivity contribution is 5.92. The molecule has 90 valence electrons. The van der Waals surface area contributed by atoms with Crippen LogP contribution >= 0.6 is 0 Å². The quantitative estimate of drug-likeness (QED) is 0.562. The fraction of sp³-hybridized carbons (Fsp3) is 0.583. The molecule has 1 saturated carbocycles. The number of hydrogen-bond donors (Lipinski definition) is 1. The Hall–Kier alpha value is -1.83.